The molecule has 2 amide bonds. The minimum absolute atomic E-state index is 0.0116. The summed E-state index contributed by atoms with van der Waals surface area (Å²) in [7, 11) is 0. The third kappa shape index (κ3) is 3.88. The molecule has 1 aromatic heterocycles. The molecule has 3 aromatic rings. The van der Waals surface area contributed by atoms with Crippen LogP contribution in [0.2, 0.25) is 0 Å². The van der Waals surface area contributed by atoms with Crippen LogP contribution in [0.3, 0.4) is 0 Å². The molecule has 7 heteroatoms. The van der Waals surface area contributed by atoms with Crippen LogP contribution in [0.4, 0.5) is 4.39 Å². The minimum Gasteiger partial charge on any atom is -0.343 e. The van der Waals surface area contributed by atoms with E-state index in [1.807, 2.05) is 6.07 Å². The molecule has 0 unspecified atom stereocenters. The largest absolute Gasteiger partial charge is 0.343 e. The number of aromatic nitrogens is 2. The number of hydrogen-bond acceptors (Lipinski definition) is 3. The van der Waals surface area contributed by atoms with Crippen molar-refractivity contribution in [1.29, 1.82) is 0 Å². The second-order valence-electron chi connectivity index (χ2n) is 6.99. The lowest BCUT2D eigenvalue weighted by Crippen LogP contribution is -2.43. The molecule has 1 aliphatic rings. The number of nitrogens with zero attached hydrogens (tertiary/aromatic N) is 2. The van der Waals surface area contributed by atoms with Gasteiger partial charge in [-0.15, -0.1) is 0 Å². The minimum atomic E-state index is -0.291. The van der Waals surface area contributed by atoms with E-state index in [0.29, 0.717) is 24.2 Å². The van der Waals surface area contributed by atoms with Crippen LogP contribution in [0.5, 0.6) is 0 Å². The average Bonchev–Trinajstić information content (AvgIpc) is 3.15. The van der Waals surface area contributed by atoms with E-state index >= 15 is 0 Å². The van der Waals surface area contributed by atoms with E-state index in [-0.39, 0.29) is 30.1 Å². The lowest BCUT2D eigenvalue weighted by Gasteiger charge is -2.31. The highest BCUT2D eigenvalue weighted by Gasteiger charge is 2.26. The van der Waals surface area contributed by atoms with E-state index in [1.165, 1.54) is 12.1 Å². The number of carbonyl (C=O) groups excluding carboxylic acids is 2. The number of fused-ring (bicyclic) bond motifs is 1. The zero-order valence-corrected chi connectivity index (χ0v) is 15.3. The van der Waals surface area contributed by atoms with Gasteiger partial charge in [0.15, 0.2) is 0 Å². The molecule has 1 aliphatic heterocycles. The molecule has 2 aromatic carbocycles. The first kappa shape index (κ1) is 18.2. The second-order valence-corrected chi connectivity index (χ2v) is 6.99. The van der Waals surface area contributed by atoms with E-state index in [2.05, 4.69) is 15.3 Å². The molecule has 6 nitrogen and oxygen atoms in total. The molecule has 2 heterocycles. The number of halogens is 1. The Morgan fingerprint density at radius 2 is 1.89 bits per heavy atom. The zero-order valence-electron chi connectivity index (χ0n) is 15.3. The summed E-state index contributed by atoms with van der Waals surface area (Å²) in [6, 6.07) is 13.3. The van der Waals surface area contributed by atoms with Crippen molar-refractivity contribution in [2.24, 2.45) is 0 Å². The number of carbonyl (C=O) groups is 2. The molecule has 28 heavy (non-hydrogen) atoms. The predicted octanol–water partition coefficient (Wildman–Crippen LogP) is 2.84. The van der Waals surface area contributed by atoms with Crippen LogP contribution in [0, 0.1) is 5.82 Å². The quantitative estimate of drug-likeness (QED) is 0.731. The van der Waals surface area contributed by atoms with Crippen molar-refractivity contribution in [2.45, 2.75) is 18.8 Å². The monoisotopic (exact) mass is 380 g/mol. The van der Waals surface area contributed by atoms with Crippen molar-refractivity contribution in [3.63, 3.8) is 0 Å². The Hall–Kier alpha value is -3.22. The fourth-order valence-electron chi connectivity index (χ4n) is 3.56. The number of likely N-dealkylation sites (tertiary alicyclic amines) is 1. The SMILES string of the molecule is O=C(NCC(=O)N1CCC(c2nc3ccc(F)cc3[nH]2)CC1)c1ccccc1. The molecule has 1 fully saturated rings. The summed E-state index contributed by atoms with van der Waals surface area (Å²) in [6.45, 7) is 1.20. The van der Waals surface area contributed by atoms with Crippen molar-refractivity contribution in [1.82, 2.24) is 20.2 Å². The van der Waals surface area contributed by atoms with Crippen LogP contribution in [-0.4, -0.2) is 46.3 Å². The highest BCUT2D eigenvalue weighted by Crippen LogP contribution is 2.27. The van der Waals surface area contributed by atoms with Crippen LogP contribution in [0.25, 0.3) is 11.0 Å². The molecule has 0 bridgehead atoms. The summed E-state index contributed by atoms with van der Waals surface area (Å²) >= 11 is 0. The molecule has 1 saturated heterocycles. The first-order valence-corrected chi connectivity index (χ1v) is 9.36. The molecule has 0 aliphatic carbocycles. The molecule has 144 valence electrons. The highest BCUT2D eigenvalue weighted by atomic mass is 19.1. The van der Waals surface area contributed by atoms with Crippen LogP contribution in [-0.2, 0) is 4.79 Å². The Morgan fingerprint density at radius 3 is 2.64 bits per heavy atom. The van der Waals surface area contributed by atoms with E-state index in [9.17, 15) is 14.0 Å². The van der Waals surface area contributed by atoms with Gasteiger partial charge < -0.3 is 15.2 Å². The van der Waals surface area contributed by atoms with Crippen molar-refractivity contribution in [2.75, 3.05) is 19.6 Å². The Labute approximate surface area is 161 Å². The summed E-state index contributed by atoms with van der Waals surface area (Å²) < 4.78 is 13.3. The van der Waals surface area contributed by atoms with Gasteiger partial charge >= 0.3 is 0 Å². The van der Waals surface area contributed by atoms with Crippen LogP contribution >= 0.6 is 0 Å². The Kier molecular flexibility index (Phi) is 5.06. The number of aromatic amines is 1. The fourth-order valence-corrected chi connectivity index (χ4v) is 3.56. The zero-order chi connectivity index (χ0) is 19.5. The summed E-state index contributed by atoms with van der Waals surface area (Å²) in [4.78, 5) is 34.0. The third-order valence-electron chi connectivity index (χ3n) is 5.13. The smallest absolute Gasteiger partial charge is 0.251 e. The number of nitrogens with one attached hydrogen (secondary N) is 2. The second kappa shape index (κ2) is 7.80. The van der Waals surface area contributed by atoms with Crippen LogP contribution in [0.1, 0.15) is 34.9 Å². The molecule has 0 spiro atoms. The number of rotatable bonds is 4. The van der Waals surface area contributed by atoms with Crippen molar-refractivity contribution >= 4 is 22.8 Å². The van der Waals surface area contributed by atoms with Crippen molar-refractivity contribution in [3.8, 4) is 0 Å². The van der Waals surface area contributed by atoms with Crippen molar-refractivity contribution < 1.29 is 14.0 Å². The molecule has 0 saturated carbocycles. The van der Waals surface area contributed by atoms with Gasteiger partial charge in [-0.3, -0.25) is 9.59 Å². The lowest BCUT2D eigenvalue weighted by molar-refractivity contribution is -0.131. The molecule has 0 atom stereocenters. The van der Waals surface area contributed by atoms with Gasteiger partial charge in [-0.2, -0.15) is 0 Å². The number of H-pyrrole nitrogens is 1. The first-order chi connectivity index (χ1) is 13.6. The highest BCUT2D eigenvalue weighted by molar-refractivity contribution is 5.96. The number of amides is 2. The molecule has 4 rings (SSSR count). The fraction of sp³-hybridized carbons (Fsp3) is 0.286. The van der Waals surface area contributed by atoms with Gasteiger partial charge in [-0.25, -0.2) is 9.37 Å². The van der Waals surface area contributed by atoms with Crippen LogP contribution in [0.15, 0.2) is 48.5 Å². The molecular formula is C21H21FN4O2. The number of piperidine rings is 1. The Bertz CT molecular complexity index is 994. The van der Waals surface area contributed by atoms with Crippen molar-refractivity contribution in [3.05, 3.63) is 65.7 Å². The number of imidazole rings is 1. The summed E-state index contributed by atoms with van der Waals surface area (Å²) in [5, 5.41) is 2.68. The van der Waals surface area contributed by atoms with Crippen LogP contribution < -0.4 is 5.32 Å². The lowest BCUT2D eigenvalue weighted by atomic mass is 9.96. The van der Waals surface area contributed by atoms with Gasteiger partial charge in [0.1, 0.15) is 11.6 Å². The number of hydrogen-bond donors (Lipinski definition) is 2. The Balaban J connectivity index is 1.30. The maximum Gasteiger partial charge on any atom is 0.251 e. The summed E-state index contributed by atoms with van der Waals surface area (Å²) in [6.07, 6.45) is 1.56. The normalized spacial score (nSPS) is 15.0. The predicted molar refractivity (Wildman–Crippen MR) is 103 cm³/mol. The average molecular weight is 380 g/mol. The van der Waals surface area contributed by atoms with Gasteiger partial charge in [0.05, 0.1) is 17.6 Å². The molecular weight excluding hydrogens is 359 g/mol. The third-order valence-corrected chi connectivity index (χ3v) is 5.13. The Morgan fingerprint density at radius 1 is 1.14 bits per heavy atom. The molecule has 2 N–H and O–H groups in total. The summed E-state index contributed by atoms with van der Waals surface area (Å²) in [5.74, 6) is 0.414. The van der Waals surface area contributed by atoms with Gasteiger partial charge in [0.2, 0.25) is 5.91 Å². The van der Waals surface area contributed by atoms with E-state index in [0.717, 1.165) is 24.2 Å². The van der Waals surface area contributed by atoms with Gasteiger partial charge in [-0.05, 0) is 43.2 Å². The summed E-state index contributed by atoms with van der Waals surface area (Å²) in [5.41, 5.74) is 1.98. The first-order valence-electron chi connectivity index (χ1n) is 9.36. The van der Waals surface area contributed by atoms with E-state index < -0.39 is 0 Å². The van der Waals surface area contributed by atoms with Gasteiger partial charge in [0, 0.05) is 24.6 Å². The van der Waals surface area contributed by atoms with E-state index in [4.69, 9.17) is 0 Å². The van der Waals surface area contributed by atoms with E-state index in [1.54, 1.807) is 35.2 Å². The standard InChI is InChI=1S/C21H21FN4O2/c22-16-6-7-17-18(12-16)25-20(24-17)14-8-10-26(11-9-14)19(27)13-23-21(28)15-4-2-1-3-5-15/h1-7,12,14H,8-11,13H2,(H,23,28)(H,24,25). The maximum atomic E-state index is 13.3. The number of benzene rings is 2. The van der Waals surface area contributed by atoms with Gasteiger partial charge in [0.25, 0.3) is 5.91 Å². The maximum absolute atomic E-state index is 13.3. The molecule has 0 radical (unpaired) electrons. The topological polar surface area (TPSA) is 78.1 Å². The van der Waals surface area contributed by atoms with Gasteiger partial charge in [-0.1, -0.05) is 18.2 Å².